The molecule has 0 aliphatic heterocycles. The molecule has 0 atom stereocenters. The second kappa shape index (κ2) is 6.82. The van der Waals surface area contributed by atoms with Gasteiger partial charge in [-0.05, 0) is 48.5 Å². The molecular formula is C16H10Cl2N4O2. The molecule has 0 saturated heterocycles. The lowest BCUT2D eigenvalue weighted by Crippen LogP contribution is -2.30. The Bertz CT molecular complexity index is 884. The van der Waals surface area contributed by atoms with E-state index in [9.17, 15) is 10.2 Å². The topological polar surface area (TPSA) is 92.0 Å². The van der Waals surface area contributed by atoms with E-state index < -0.39 is 0 Å². The van der Waals surface area contributed by atoms with Crippen LogP contribution in [0, 0.1) is 0 Å². The van der Waals surface area contributed by atoms with Crippen LogP contribution in [0.5, 0.6) is 0 Å². The van der Waals surface area contributed by atoms with Crippen LogP contribution < -0.4 is 11.0 Å². The maximum Gasteiger partial charge on any atom is 0.238 e. The fraction of sp³-hybridized carbons (Fsp3) is 0. The number of halogens is 2. The van der Waals surface area contributed by atoms with Crippen LogP contribution in [0.3, 0.4) is 0 Å². The van der Waals surface area contributed by atoms with Crippen molar-refractivity contribution < 1.29 is 10.2 Å². The van der Waals surface area contributed by atoms with E-state index in [-0.39, 0.29) is 22.5 Å². The molecule has 6 nitrogen and oxygen atoms in total. The maximum absolute atomic E-state index is 10.1. The molecule has 0 saturated carbocycles. The first-order valence-corrected chi connectivity index (χ1v) is 7.52. The second-order valence-corrected chi connectivity index (χ2v) is 5.63. The van der Waals surface area contributed by atoms with E-state index in [0.717, 1.165) is 0 Å². The average Bonchev–Trinajstić information content (AvgIpc) is 2.62. The standard InChI is InChI=1S/C16H10Cl2N4O2/c17-11-5-1-9(2-6-11)13(23)15-19-21-16(22-20-15)14(24)10-3-7-12(18)8-4-10/h1-8,23-24H. The molecule has 24 heavy (non-hydrogen) atoms. The predicted molar refractivity (Wildman–Crippen MR) is 90.1 cm³/mol. The quantitative estimate of drug-likeness (QED) is 0.726. The molecule has 0 fully saturated rings. The third-order valence-electron chi connectivity index (χ3n) is 3.14. The Hall–Kier alpha value is -2.70. The van der Waals surface area contributed by atoms with Crippen LogP contribution in [0.2, 0.25) is 10.0 Å². The van der Waals surface area contributed by atoms with Crippen molar-refractivity contribution in [2.24, 2.45) is 0 Å². The summed E-state index contributed by atoms with van der Waals surface area (Å²) in [7, 11) is 0. The molecule has 0 aliphatic carbocycles. The highest BCUT2D eigenvalue weighted by atomic mass is 35.5. The number of hydrogen-bond acceptors (Lipinski definition) is 6. The number of aliphatic hydroxyl groups is 2. The van der Waals surface area contributed by atoms with Gasteiger partial charge in [-0.15, -0.1) is 20.4 Å². The highest BCUT2D eigenvalue weighted by Crippen LogP contribution is 2.14. The van der Waals surface area contributed by atoms with Gasteiger partial charge in [0.15, 0.2) is 11.5 Å². The van der Waals surface area contributed by atoms with Crippen molar-refractivity contribution in [3.05, 3.63) is 80.7 Å². The van der Waals surface area contributed by atoms with Crippen molar-refractivity contribution in [3.63, 3.8) is 0 Å². The summed E-state index contributed by atoms with van der Waals surface area (Å²) in [5.41, 5.74) is 0.818. The minimum Gasteiger partial charge on any atom is -0.504 e. The summed E-state index contributed by atoms with van der Waals surface area (Å²) >= 11 is 11.6. The van der Waals surface area contributed by atoms with Crippen molar-refractivity contribution in [3.8, 4) is 0 Å². The summed E-state index contributed by atoms with van der Waals surface area (Å²) in [5.74, 6) is -0.381. The van der Waals surface area contributed by atoms with E-state index in [1.54, 1.807) is 48.5 Å². The van der Waals surface area contributed by atoms with Crippen molar-refractivity contribution in [1.29, 1.82) is 0 Å². The first-order valence-electron chi connectivity index (χ1n) is 6.76. The zero-order chi connectivity index (χ0) is 17.1. The molecule has 0 unspecified atom stereocenters. The second-order valence-electron chi connectivity index (χ2n) is 4.76. The third kappa shape index (κ3) is 3.45. The number of aromatic nitrogens is 4. The number of nitrogens with zero attached hydrogens (tertiary/aromatic N) is 4. The number of benzene rings is 2. The average molecular weight is 361 g/mol. The van der Waals surface area contributed by atoms with E-state index in [0.29, 0.717) is 21.2 Å². The molecule has 3 aromatic rings. The molecule has 0 amide bonds. The fourth-order valence-corrected chi connectivity index (χ4v) is 2.14. The van der Waals surface area contributed by atoms with Gasteiger partial charge >= 0.3 is 0 Å². The largest absolute Gasteiger partial charge is 0.504 e. The van der Waals surface area contributed by atoms with Crippen LogP contribution in [-0.4, -0.2) is 30.6 Å². The zero-order valence-electron chi connectivity index (χ0n) is 12.1. The molecule has 1 aromatic heterocycles. The SMILES string of the molecule is OC(c1ccc(Cl)cc1)=c1nnc(=C(O)c2ccc(Cl)cc2)nn1. The normalized spacial score (nSPS) is 10.4. The monoisotopic (exact) mass is 360 g/mol. The van der Waals surface area contributed by atoms with E-state index in [2.05, 4.69) is 20.4 Å². The Morgan fingerprint density at radius 1 is 0.583 bits per heavy atom. The Labute approximate surface area is 146 Å². The van der Waals surface area contributed by atoms with Crippen LogP contribution >= 0.6 is 23.2 Å². The summed E-state index contributed by atoms with van der Waals surface area (Å²) in [6.07, 6.45) is 0. The van der Waals surface area contributed by atoms with Crippen LogP contribution in [0.15, 0.2) is 48.5 Å². The minimum atomic E-state index is -0.191. The Morgan fingerprint density at radius 3 is 1.17 bits per heavy atom. The first-order chi connectivity index (χ1) is 11.5. The number of hydrogen-bond donors (Lipinski definition) is 2. The van der Waals surface area contributed by atoms with Gasteiger partial charge in [0.05, 0.1) is 0 Å². The Kier molecular flexibility index (Phi) is 4.59. The molecule has 0 bridgehead atoms. The van der Waals surface area contributed by atoms with E-state index in [1.807, 2.05) is 0 Å². The summed E-state index contributed by atoms with van der Waals surface area (Å²) < 4.78 is 0. The lowest BCUT2D eigenvalue weighted by Gasteiger charge is -2.00. The Morgan fingerprint density at radius 2 is 0.875 bits per heavy atom. The first kappa shape index (κ1) is 16.2. The van der Waals surface area contributed by atoms with Gasteiger partial charge in [0.1, 0.15) is 0 Å². The van der Waals surface area contributed by atoms with Gasteiger partial charge in [0.2, 0.25) is 11.0 Å². The van der Waals surface area contributed by atoms with Gasteiger partial charge in [0.25, 0.3) is 0 Å². The molecule has 0 aliphatic rings. The molecule has 2 N–H and O–H groups in total. The predicted octanol–water partition coefficient (Wildman–Crippen LogP) is 2.00. The van der Waals surface area contributed by atoms with E-state index >= 15 is 0 Å². The molecular weight excluding hydrogens is 351 g/mol. The summed E-state index contributed by atoms with van der Waals surface area (Å²) in [6, 6.07) is 13.0. The van der Waals surface area contributed by atoms with E-state index in [4.69, 9.17) is 23.2 Å². The Balaban J connectivity index is 2.03. The smallest absolute Gasteiger partial charge is 0.238 e. The van der Waals surface area contributed by atoms with Crippen LogP contribution in [0.25, 0.3) is 11.5 Å². The highest BCUT2D eigenvalue weighted by Gasteiger charge is 2.06. The summed E-state index contributed by atoms with van der Waals surface area (Å²) in [6.45, 7) is 0. The lowest BCUT2D eigenvalue weighted by atomic mass is 10.2. The van der Waals surface area contributed by atoms with Crippen LogP contribution in [0.1, 0.15) is 11.1 Å². The lowest BCUT2D eigenvalue weighted by molar-refractivity contribution is 0.489. The molecule has 1 heterocycles. The molecule has 8 heteroatoms. The zero-order valence-corrected chi connectivity index (χ0v) is 13.6. The molecule has 3 rings (SSSR count). The third-order valence-corrected chi connectivity index (χ3v) is 3.64. The van der Waals surface area contributed by atoms with Gasteiger partial charge in [-0.25, -0.2) is 0 Å². The van der Waals surface area contributed by atoms with Gasteiger partial charge < -0.3 is 10.2 Å². The van der Waals surface area contributed by atoms with Crippen molar-refractivity contribution in [2.45, 2.75) is 0 Å². The summed E-state index contributed by atoms with van der Waals surface area (Å²) in [5, 5.41) is 36.5. The van der Waals surface area contributed by atoms with Crippen molar-refractivity contribution in [2.75, 3.05) is 0 Å². The fourth-order valence-electron chi connectivity index (χ4n) is 1.89. The van der Waals surface area contributed by atoms with Crippen molar-refractivity contribution in [1.82, 2.24) is 20.4 Å². The van der Waals surface area contributed by atoms with Gasteiger partial charge in [-0.3, -0.25) is 0 Å². The molecule has 0 spiro atoms. The van der Waals surface area contributed by atoms with Gasteiger partial charge in [0, 0.05) is 21.2 Å². The number of aliphatic hydroxyl groups excluding tert-OH is 2. The molecule has 120 valence electrons. The van der Waals surface area contributed by atoms with Gasteiger partial charge in [-0.1, -0.05) is 23.2 Å². The highest BCUT2D eigenvalue weighted by molar-refractivity contribution is 6.30. The van der Waals surface area contributed by atoms with Crippen molar-refractivity contribution >= 4 is 34.7 Å². The molecule has 0 radical (unpaired) electrons. The van der Waals surface area contributed by atoms with Crippen LogP contribution in [0.4, 0.5) is 0 Å². The summed E-state index contributed by atoms with van der Waals surface area (Å²) in [4.78, 5) is 0. The van der Waals surface area contributed by atoms with Crippen LogP contribution in [-0.2, 0) is 0 Å². The molecule has 2 aromatic carbocycles. The maximum atomic E-state index is 10.1. The minimum absolute atomic E-state index is 0.0648. The van der Waals surface area contributed by atoms with E-state index in [1.165, 1.54) is 0 Å². The van der Waals surface area contributed by atoms with Gasteiger partial charge in [-0.2, -0.15) is 0 Å². The number of rotatable bonds is 2.